The van der Waals surface area contributed by atoms with Crippen LogP contribution in [0.2, 0.25) is 5.02 Å². The predicted molar refractivity (Wildman–Crippen MR) is 133 cm³/mol. The van der Waals surface area contributed by atoms with Gasteiger partial charge in [-0.15, -0.1) is 0 Å². The molecule has 8 atom stereocenters. The molecule has 4 heterocycles. The van der Waals surface area contributed by atoms with Gasteiger partial charge in [0.2, 0.25) is 5.91 Å². The van der Waals surface area contributed by atoms with Crippen LogP contribution in [0.5, 0.6) is 0 Å². The number of ether oxygens (including phenoxy) is 1. The lowest BCUT2D eigenvalue weighted by molar-refractivity contribution is -0.199. The Bertz CT molecular complexity index is 1180. The van der Waals surface area contributed by atoms with E-state index in [1.165, 1.54) is 6.42 Å². The number of halogens is 1. The van der Waals surface area contributed by atoms with Gasteiger partial charge in [0, 0.05) is 5.39 Å². The summed E-state index contributed by atoms with van der Waals surface area (Å²) in [7, 11) is -0.507. The van der Waals surface area contributed by atoms with E-state index in [1.54, 1.807) is 6.26 Å². The van der Waals surface area contributed by atoms with E-state index in [9.17, 15) is 4.79 Å². The second-order valence-electron chi connectivity index (χ2n) is 12.2. The lowest BCUT2D eigenvalue weighted by Gasteiger charge is -2.64. The normalized spacial score (nSPS) is 39.5. The first-order valence-corrected chi connectivity index (χ1v) is 13.6. The Balaban J connectivity index is 1.17. The van der Waals surface area contributed by atoms with Crippen molar-refractivity contribution in [2.75, 3.05) is 0 Å². The molecule has 3 saturated carbocycles. The van der Waals surface area contributed by atoms with Crippen LogP contribution in [0.3, 0.4) is 0 Å². The Morgan fingerprint density at radius 1 is 1.23 bits per heavy atom. The topological polar surface area (TPSA) is 69.9 Å². The fourth-order valence-electron chi connectivity index (χ4n) is 7.96. The zero-order valence-corrected chi connectivity index (χ0v) is 21.3. The van der Waals surface area contributed by atoms with Crippen LogP contribution in [0, 0.1) is 23.2 Å². The van der Waals surface area contributed by atoms with E-state index in [2.05, 4.69) is 26.1 Å². The van der Waals surface area contributed by atoms with Crippen molar-refractivity contribution in [3.05, 3.63) is 35.0 Å². The highest BCUT2D eigenvalue weighted by atomic mass is 35.5. The van der Waals surface area contributed by atoms with Gasteiger partial charge in [0.25, 0.3) is 0 Å². The number of hydrogen-bond donors (Lipinski definition) is 1. The summed E-state index contributed by atoms with van der Waals surface area (Å²) in [5.41, 5.74) is 1.60. The average molecular weight is 498 g/mol. The molecule has 3 saturated heterocycles. The molecule has 6 nitrogen and oxygen atoms in total. The van der Waals surface area contributed by atoms with Gasteiger partial charge in [-0.1, -0.05) is 37.6 Å². The smallest absolute Gasteiger partial charge is 0.462 e. The number of furan rings is 1. The fourth-order valence-corrected chi connectivity index (χ4v) is 8.18. The molecule has 6 aliphatic rings. The zero-order chi connectivity index (χ0) is 24.1. The second-order valence-corrected chi connectivity index (χ2v) is 12.7. The van der Waals surface area contributed by atoms with E-state index < -0.39 is 7.12 Å². The third-order valence-corrected chi connectivity index (χ3v) is 10.4. The van der Waals surface area contributed by atoms with Gasteiger partial charge in [-0.25, -0.2) is 0 Å². The largest absolute Gasteiger partial charge is 0.482 e. The third kappa shape index (κ3) is 3.31. The molecule has 0 radical (unpaired) electrons. The first-order chi connectivity index (χ1) is 16.7. The molecule has 35 heavy (non-hydrogen) atoms. The molecule has 3 aliphatic carbocycles. The van der Waals surface area contributed by atoms with Crippen LogP contribution < -0.4 is 5.32 Å². The minimum Gasteiger partial charge on any atom is -0.462 e. The number of fused-ring (bicyclic) bond motifs is 3. The Morgan fingerprint density at radius 3 is 2.83 bits per heavy atom. The maximum atomic E-state index is 13.5. The average Bonchev–Trinajstić information content (AvgIpc) is 3.60. The van der Waals surface area contributed by atoms with Crippen molar-refractivity contribution in [2.45, 2.75) is 89.2 Å². The highest BCUT2D eigenvalue weighted by Crippen LogP contribution is 2.65. The van der Waals surface area contributed by atoms with Gasteiger partial charge >= 0.3 is 7.12 Å². The minimum absolute atomic E-state index is 0.0350. The van der Waals surface area contributed by atoms with Gasteiger partial charge < -0.3 is 23.8 Å². The highest BCUT2D eigenvalue weighted by molar-refractivity contribution is 6.48. The van der Waals surface area contributed by atoms with Gasteiger partial charge in [-0.2, -0.15) is 0 Å². The van der Waals surface area contributed by atoms with Gasteiger partial charge in [-0.3, -0.25) is 4.79 Å². The number of carbonyl (C=O) groups is 1. The summed E-state index contributed by atoms with van der Waals surface area (Å²) in [6.07, 6.45) is 7.66. The zero-order valence-electron chi connectivity index (χ0n) is 20.6. The van der Waals surface area contributed by atoms with Crippen molar-refractivity contribution in [3.8, 4) is 0 Å². The van der Waals surface area contributed by atoms with Crippen molar-refractivity contribution in [1.29, 1.82) is 0 Å². The van der Waals surface area contributed by atoms with Crippen LogP contribution in [0.15, 0.2) is 28.9 Å². The first-order valence-electron chi connectivity index (χ1n) is 13.2. The van der Waals surface area contributed by atoms with Crippen molar-refractivity contribution in [2.24, 2.45) is 23.2 Å². The van der Waals surface area contributed by atoms with Crippen molar-refractivity contribution >= 4 is 35.6 Å². The van der Waals surface area contributed by atoms with Crippen LogP contribution >= 0.6 is 11.6 Å². The number of amides is 1. The summed E-state index contributed by atoms with van der Waals surface area (Å²) in [5.74, 6) is 0.756. The van der Waals surface area contributed by atoms with E-state index in [-0.39, 0.29) is 47.1 Å². The summed E-state index contributed by atoms with van der Waals surface area (Å²) in [5, 5.41) is 4.88. The minimum atomic E-state index is -0.507. The molecule has 1 N–H and O–H groups in total. The molecule has 6 fully saturated rings. The molecule has 186 valence electrons. The molecule has 1 aromatic carbocycles. The SMILES string of the molecule is CC1(C)C2CC1[C@]1(C)OB([C@H](Cc3coc4c(Cl)cccc34)NC(=O)[C@@H]3C[C@H]4CC[C@@H]3O4)O[C@@H]1C2. The van der Waals surface area contributed by atoms with E-state index in [1.807, 2.05) is 18.2 Å². The molecule has 1 aromatic heterocycles. The molecular weight excluding hydrogens is 465 g/mol. The standard InChI is InChI=1S/C27H33BClNO5/c1-26(2)15-10-21(26)27(3)22(11-15)34-28(35-27)23(30-25(31)18-12-16-7-8-20(18)33-16)9-14-13-32-24-17(14)5-4-6-19(24)29/h4-6,13,15-16,18,20-23H,7-12H2,1-3H3,(H,30,31)/t15?,16-,18-,20+,21?,22-,23+,27+/m1/s1. The van der Waals surface area contributed by atoms with Gasteiger partial charge in [0.15, 0.2) is 5.58 Å². The van der Waals surface area contributed by atoms with E-state index in [0.717, 1.165) is 36.6 Å². The number of benzene rings is 1. The fraction of sp³-hybridized carbons (Fsp3) is 0.667. The molecule has 8 heteroatoms. The molecule has 3 aliphatic heterocycles. The van der Waals surface area contributed by atoms with E-state index >= 15 is 0 Å². The number of carbonyl (C=O) groups excluding carboxylic acids is 1. The van der Waals surface area contributed by atoms with E-state index in [4.69, 9.17) is 30.1 Å². The van der Waals surface area contributed by atoms with Crippen molar-refractivity contribution in [1.82, 2.24) is 5.32 Å². The van der Waals surface area contributed by atoms with Crippen molar-refractivity contribution in [3.63, 3.8) is 0 Å². The molecular formula is C27H33BClNO5. The quantitative estimate of drug-likeness (QED) is 0.592. The Labute approximate surface area is 211 Å². The summed E-state index contributed by atoms with van der Waals surface area (Å²) in [6, 6.07) is 5.77. The number of nitrogens with one attached hydrogen (secondary N) is 1. The molecule has 0 spiro atoms. The maximum Gasteiger partial charge on any atom is 0.482 e. The Kier molecular flexibility index (Phi) is 5.00. The highest BCUT2D eigenvalue weighted by Gasteiger charge is 2.68. The molecule has 8 rings (SSSR count). The third-order valence-electron chi connectivity index (χ3n) is 10.1. The number of hydrogen-bond acceptors (Lipinski definition) is 5. The monoisotopic (exact) mass is 497 g/mol. The van der Waals surface area contributed by atoms with Crippen LogP contribution in [0.1, 0.15) is 58.4 Å². The van der Waals surface area contributed by atoms with Crippen LogP contribution in [0.25, 0.3) is 11.0 Å². The summed E-state index contributed by atoms with van der Waals surface area (Å²) in [4.78, 5) is 13.5. The van der Waals surface area contributed by atoms with Gasteiger partial charge in [0.05, 0.1) is 47.1 Å². The predicted octanol–water partition coefficient (Wildman–Crippen LogP) is 4.95. The Morgan fingerprint density at radius 2 is 2.09 bits per heavy atom. The molecule has 1 amide bonds. The Hall–Kier alpha value is -1.54. The van der Waals surface area contributed by atoms with Gasteiger partial charge in [-0.05, 0) is 74.3 Å². The second kappa shape index (κ2) is 7.73. The lowest BCUT2D eigenvalue weighted by atomic mass is 9.43. The van der Waals surface area contributed by atoms with Crippen LogP contribution in [-0.2, 0) is 25.3 Å². The lowest BCUT2D eigenvalue weighted by Crippen LogP contribution is -2.65. The summed E-state index contributed by atoms with van der Waals surface area (Å²) >= 11 is 6.36. The number of rotatable bonds is 5. The maximum absolute atomic E-state index is 13.5. The number of para-hydroxylation sites is 1. The van der Waals surface area contributed by atoms with E-state index in [0.29, 0.717) is 28.9 Å². The summed E-state index contributed by atoms with van der Waals surface area (Å²) < 4.78 is 25.2. The van der Waals surface area contributed by atoms with Gasteiger partial charge in [0.1, 0.15) is 0 Å². The molecule has 2 aromatic rings. The molecule has 4 bridgehead atoms. The summed E-state index contributed by atoms with van der Waals surface area (Å²) in [6.45, 7) is 6.94. The molecule has 2 unspecified atom stereocenters. The van der Waals surface area contributed by atoms with Crippen molar-refractivity contribution < 1.29 is 23.3 Å². The first kappa shape index (κ1) is 22.6. The van der Waals surface area contributed by atoms with Crippen LogP contribution in [-0.4, -0.2) is 42.9 Å². The van der Waals surface area contributed by atoms with Crippen LogP contribution in [0.4, 0.5) is 0 Å².